The number of halogens is 1. The Labute approximate surface area is 165 Å². The lowest BCUT2D eigenvalue weighted by atomic mass is 10.1. The number of hydrazine groups is 1. The predicted octanol–water partition coefficient (Wildman–Crippen LogP) is 1.47. The fraction of sp³-hybridized carbons (Fsp3) is 0.211. The lowest BCUT2D eigenvalue weighted by Crippen LogP contribution is -2.43. The summed E-state index contributed by atoms with van der Waals surface area (Å²) in [5, 5.41) is 0. The van der Waals surface area contributed by atoms with Gasteiger partial charge in [0.25, 0.3) is 11.8 Å². The Morgan fingerprint density at radius 1 is 0.862 bits per heavy atom. The summed E-state index contributed by atoms with van der Waals surface area (Å²) in [6.45, 7) is -0.701. The van der Waals surface area contributed by atoms with E-state index in [1.54, 1.807) is 0 Å². The van der Waals surface area contributed by atoms with Gasteiger partial charge in [0.1, 0.15) is 17.1 Å². The molecule has 2 rings (SSSR count). The molecule has 9 nitrogen and oxygen atoms in total. The van der Waals surface area contributed by atoms with E-state index in [2.05, 4.69) is 0 Å². The molecule has 0 radical (unpaired) electrons. The quantitative estimate of drug-likeness (QED) is 0.529. The van der Waals surface area contributed by atoms with Crippen molar-refractivity contribution in [2.45, 2.75) is 0 Å². The van der Waals surface area contributed by atoms with E-state index in [9.17, 15) is 18.8 Å². The minimum atomic E-state index is -0.863. The summed E-state index contributed by atoms with van der Waals surface area (Å²) in [7, 11) is 4.17. The number of methoxy groups -OCH3 is 3. The van der Waals surface area contributed by atoms with Crippen LogP contribution in [0.15, 0.2) is 36.4 Å². The number of carbonyl (C=O) groups excluding carboxylic acids is 3. The van der Waals surface area contributed by atoms with Crippen molar-refractivity contribution in [1.82, 2.24) is 10.9 Å². The smallest absolute Gasteiger partial charge is 0.342 e. The van der Waals surface area contributed by atoms with Crippen molar-refractivity contribution >= 4 is 17.8 Å². The average molecular weight is 406 g/mol. The zero-order valence-corrected chi connectivity index (χ0v) is 15.9. The van der Waals surface area contributed by atoms with Crippen LogP contribution in [0.4, 0.5) is 4.39 Å². The monoisotopic (exact) mass is 406 g/mol. The van der Waals surface area contributed by atoms with Gasteiger partial charge in [-0.1, -0.05) is 12.1 Å². The molecule has 0 spiro atoms. The summed E-state index contributed by atoms with van der Waals surface area (Å²) >= 11 is 0. The summed E-state index contributed by atoms with van der Waals surface area (Å²) < 4.78 is 33.8. The van der Waals surface area contributed by atoms with Gasteiger partial charge in [0.15, 0.2) is 18.1 Å². The van der Waals surface area contributed by atoms with Gasteiger partial charge >= 0.3 is 5.97 Å². The van der Waals surface area contributed by atoms with Crippen LogP contribution in [0.3, 0.4) is 0 Å². The molecule has 0 fully saturated rings. The highest BCUT2D eigenvalue weighted by molar-refractivity contribution is 5.97. The van der Waals surface area contributed by atoms with Gasteiger partial charge in [0.2, 0.25) is 0 Å². The topological polar surface area (TPSA) is 112 Å². The molecule has 0 aromatic heterocycles. The second-order valence-electron chi connectivity index (χ2n) is 5.47. The highest BCUT2D eigenvalue weighted by Gasteiger charge is 2.20. The Morgan fingerprint density at radius 3 is 2.10 bits per heavy atom. The zero-order valence-electron chi connectivity index (χ0n) is 15.9. The molecule has 10 heteroatoms. The molecular formula is C19H19FN2O7. The second-order valence-corrected chi connectivity index (χ2v) is 5.47. The molecule has 154 valence electrons. The first-order valence-electron chi connectivity index (χ1n) is 8.22. The highest BCUT2D eigenvalue weighted by Crippen LogP contribution is 2.34. The van der Waals surface area contributed by atoms with Gasteiger partial charge in [-0.2, -0.15) is 0 Å². The van der Waals surface area contributed by atoms with Gasteiger partial charge in [-0.05, 0) is 12.1 Å². The summed E-state index contributed by atoms with van der Waals surface area (Å²) in [5.41, 5.74) is 3.81. The van der Waals surface area contributed by atoms with Crippen molar-refractivity contribution in [2.24, 2.45) is 0 Å². The molecule has 0 aliphatic rings. The lowest BCUT2D eigenvalue weighted by molar-refractivity contribution is -0.125. The number of hydrogen-bond donors (Lipinski definition) is 2. The minimum absolute atomic E-state index is 0.00772. The third-order valence-electron chi connectivity index (χ3n) is 3.69. The number of carbonyl (C=O) groups is 3. The molecule has 2 aromatic rings. The van der Waals surface area contributed by atoms with Crippen molar-refractivity contribution in [2.75, 3.05) is 27.9 Å². The molecule has 0 saturated carbocycles. The summed E-state index contributed by atoms with van der Waals surface area (Å²) in [6.07, 6.45) is 0. The maximum Gasteiger partial charge on any atom is 0.342 e. The van der Waals surface area contributed by atoms with Gasteiger partial charge in [0.05, 0.1) is 26.9 Å². The SMILES string of the molecule is COc1cc(OC)c(C(=O)OCC(=O)NNC(=O)c2ccccc2F)cc1OC. The van der Waals surface area contributed by atoms with Crippen LogP contribution < -0.4 is 25.1 Å². The van der Waals surface area contributed by atoms with Gasteiger partial charge in [0, 0.05) is 12.1 Å². The van der Waals surface area contributed by atoms with E-state index < -0.39 is 30.2 Å². The molecule has 0 heterocycles. The maximum atomic E-state index is 13.5. The maximum absolute atomic E-state index is 13.5. The van der Waals surface area contributed by atoms with E-state index in [-0.39, 0.29) is 22.6 Å². The molecule has 0 bridgehead atoms. The lowest BCUT2D eigenvalue weighted by Gasteiger charge is -2.13. The van der Waals surface area contributed by atoms with Crippen molar-refractivity contribution < 1.29 is 37.7 Å². The summed E-state index contributed by atoms with van der Waals surface area (Å²) in [5.74, 6) is -2.53. The van der Waals surface area contributed by atoms with Crippen molar-refractivity contribution in [3.05, 3.63) is 53.3 Å². The zero-order chi connectivity index (χ0) is 21.4. The van der Waals surface area contributed by atoms with Crippen LogP contribution in [-0.2, 0) is 9.53 Å². The average Bonchev–Trinajstić information content (AvgIpc) is 2.74. The Kier molecular flexibility index (Phi) is 7.35. The third-order valence-corrected chi connectivity index (χ3v) is 3.69. The van der Waals surface area contributed by atoms with Crippen LogP contribution >= 0.6 is 0 Å². The molecule has 2 aromatic carbocycles. The normalized spacial score (nSPS) is 9.93. The summed E-state index contributed by atoms with van der Waals surface area (Å²) in [4.78, 5) is 35.9. The Hall–Kier alpha value is -3.82. The molecule has 0 unspecified atom stereocenters. The van der Waals surface area contributed by atoms with Gasteiger partial charge < -0.3 is 18.9 Å². The first kappa shape index (κ1) is 21.5. The standard InChI is InChI=1S/C19H19FN2O7/c1-26-14-9-16(28-3)15(27-2)8-12(14)19(25)29-10-17(23)21-22-18(24)11-6-4-5-7-13(11)20/h4-9H,10H2,1-3H3,(H,21,23)(H,22,24). The van der Waals surface area contributed by atoms with Crippen molar-refractivity contribution in [3.8, 4) is 17.2 Å². The first-order valence-corrected chi connectivity index (χ1v) is 8.22. The number of hydrogen-bond acceptors (Lipinski definition) is 7. The highest BCUT2D eigenvalue weighted by atomic mass is 19.1. The fourth-order valence-corrected chi connectivity index (χ4v) is 2.27. The first-order chi connectivity index (χ1) is 13.9. The van der Waals surface area contributed by atoms with Crippen LogP contribution in [0, 0.1) is 5.82 Å². The van der Waals surface area contributed by atoms with Gasteiger partial charge in [-0.15, -0.1) is 0 Å². The van der Waals surface area contributed by atoms with Crippen LogP contribution in [-0.4, -0.2) is 45.7 Å². The van der Waals surface area contributed by atoms with E-state index in [1.807, 2.05) is 10.9 Å². The number of nitrogens with one attached hydrogen (secondary N) is 2. The summed E-state index contributed by atoms with van der Waals surface area (Å²) in [6, 6.07) is 8.03. The van der Waals surface area contributed by atoms with E-state index >= 15 is 0 Å². The van der Waals surface area contributed by atoms with Gasteiger partial charge in [-0.25, -0.2) is 9.18 Å². The largest absolute Gasteiger partial charge is 0.496 e. The molecule has 0 aliphatic carbocycles. The van der Waals surface area contributed by atoms with E-state index in [0.717, 1.165) is 6.07 Å². The number of esters is 1. The van der Waals surface area contributed by atoms with Gasteiger partial charge in [-0.3, -0.25) is 20.4 Å². The fourth-order valence-electron chi connectivity index (χ4n) is 2.27. The van der Waals surface area contributed by atoms with Crippen LogP contribution in [0.25, 0.3) is 0 Å². The van der Waals surface area contributed by atoms with Crippen LogP contribution in [0.1, 0.15) is 20.7 Å². The second kappa shape index (κ2) is 9.93. The number of ether oxygens (including phenoxy) is 4. The molecule has 2 amide bonds. The van der Waals surface area contributed by atoms with Crippen molar-refractivity contribution in [1.29, 1.82) is 0 Å². The molecule has 2 N–H and O–H groups in total. The minimum Gasteiger partial charge on any atom is -0.496 e. The number of benzene rings is 2. The molecule has 0 saturated heterocycles. The predicted molar refractivity (Wildman–Crippen MR) is 98.4 cm³/mol. The van der Waals surface area contributed by atoms with E-state index in [4.69, 9.17) is 18.9 Å². The Bertz CT molecular complexity index is 917. The molecule has 0 aliphatic heterocycles. The molecule has 29 heavy (non-hydrogen) atoms. The van der Waals surface area contributed by atoms with Crippen LogP contribution in [0.5, 0.6) is 17.2 Å². The van der Waals surface area contributed by atoms with E-state index in [1.165, 1.54) is 51.7 Å². The Morgan fingerprint density at radius 2 is 1.48 bits per heavy atom. The van der Waals surface area contributed by atoms with Crippen molar-refractivity contribution in [3.63, 3.8) is 0 Å². The third kappa shape index (κ3) is 5.34. The van der Waals surface area contributed by atoms with Crippen LogP contribution in [0.2, 0.25) is 0 Å². The molecule has 0 atom stereocenters. The molecular weight excluding hydrogens is 387 g/mol. The number of rotatable bonds is 7. The Balaban J connectivity index is 1.96. The van der Waals surface area contributed by atoms with E-state index in [0.29, 0.717) is 5.75 Å². The number of amides is 2.